The van der Waals surface area contributed by atoms with Gasteiger partial charge < -0.3 is 0 Å². The van der Waals surface area contributed by atoms with Crippen LogP contribution in [0.3, 0.4) is 0 Å². The second-order valence-corrected chi connectivity index (χ2v) is 3.96. The Labute approximate surface area is 95.7 Å². The highest BCUT2D eigenvalue weighted by Gasteiger charge is 2.04. The molecule has 0 aliphatic carbocycles. The first-order chi connectivity index (χ1) is 7.25. The first-order valence-corrected chi connectivity index (χ1v) is 6.33. The van der Waals surface area contributed by atoms with E-state index in [1.54, 1.807) is 5.56 Å². The normalized spacial score (nSPS) is 9.73. The minimum atomic E-state index is 0.660. The molecule has 1 rings (SSSR count). The summed E-state index contributed by atoms with van der Waals surface area (Å²) in [7, 11) is 0. The summed E-state index contributed by atoms with van der Waals surface area (Å²) in [6.07, 6.45) is 3.83. The third-order valence-electron chi connectivity index (χ3n) is 2.48. The van der Waals surface area contributed by atoms with Gasteiger partial charge in [-0.05, 0) is 29.9 Å². The SMILES string of the molecule is CC.CCCCc1ccccc1C(C)C. The fraction of sp³-hybridized carbons (Fsp3) is 0.600. The molecule has 0 bridgehead atoms. The van der Waals surface area contributed by atoms with Crippen molar-refractivity contribution in [3.63, 3.8) is 0 Å². The first kappa shape index (κ1) is 14.2. The third kappa shape index (κ3) is 5.01. The quantitative estimate of drug-likeness (QED) is 0.637. The molecule has 0 nitrogen and oxygen atoms in total. The summed E-state index contributed by atoms with van der Waals surface area (Å²) < 4.78 is 0. The summed E-state index contributed by atoms with van der Waals surface area (Å²) in [5.74, 6) is 0.660. The highest BCUT2D eigenvalue weighted by Crippen LogP contribution is 2.20. The lowest BCUT2D eigenvalue weighted by Crippen LogP contribution is -1.95. The molecule has 1 aromatic rings. The highest BCUT2D eigenvalue weighted by atomic mass is 14.1. The van der Waals surface area contributed by atoms with Gasteiger partial charge in [0.1, 0.15) is 0 Å². The Hall–Kier alpha value is -0.780. The van der Waals surface area contributed by atoms with Crippen molar-refractivity contribution in [3.05, 3.63) is 35.4 Å². The molecule has 0 radical (unpaired) electrons. The van der Waals surface area contributed by atoms with Gasteiger partial charge in [-0.15, -0.1) is 0 Å². The minimum Gasteiger partial charge on any atom is -0.0683 e. The number of hydrogen-bond donors (Lipinski definition) is 0. The molecular formula is C15H26. The van der Waals surface area contributed by atoms with Crippen LogP contribution in [0.5, 0.6) is 0 Å². The summed E-state index contributed by atoms with van der Waals surface area (Å²) in [5, 5.41) is 0. The average molecular weight is 206 g/mol. The van der Waals surface area contributed by atoms with Crippen molar-refractivity contribution in [3.8, 4) is 0 Å². The summed E-state index contributed by atoms with van der Waals surface area (Å²) in [6, 6.07) is 8.82. The zero-order valence-electron chi connectivity index (χ0n) is 11.0. The van der Waals surface area contributed by atoms with Gasteiger partial charge in [0.15, 0.2) is 0 Å². The van der Waals surface area contributed by atoms with Crippen LogP contribution >= 0.6 is 0 Å². The van der Waals surface area contributed by atoms with E-state index in [0.29, 0.717) is 5.92 Å². The predicted octanol–water partition coefficient (Wildman–Crippen LogP) is 5.18. The number of hydrogen-bond acceptors (Lipinski definition) is 0. The van der Waals surface area contributed by atoms with Crippen molar-refractivity contribution in [2.45, 2.75) is 59.8 Å². The van der Waals surface area contributed by atoms with Gasteiger partial charge in [-0.2, -0.15) is 0 Å². The van der Waals surface area contributed by atoms with E-state index in [0.717, 1.165) is 0 Å². The monoisotopic (exact) mass is 206 g/mol. The van der Waals surface area contributed by atoms with Gasteiger partial charge in [0.05, 0.1) is 0 Å². The van der Waals surface area contributed by atoms with Crippen molar-refractivity contribution in [2.24, 2.45) is 0 Å². The molecule has 15 heavy (non-hydrogen) atoms. The molecule has 0 heterocycles. The van der Waals surface area contributed by atoms with Crippen LogP contribution in [-0.2, 0) is 6.42 Å². The molecule has 0 saturated heterocycles. The summed E-state index contributed by atoms with van der Waals surface area (Å²) in [6.45, 7) is 10.8. The van der Waals surface area contributed by atoms with Crippen LogP contribution in [0.2, 0.25) is 0 Å². The number of unbranched alkanes of at least 4 members (excludes halogenated alkanes) is 1. The Morgan fingerprint density at radius 2 is 1.67 bits per heavy atom. The molecule has 0 N–H and O–H groups in total. The molecule has 0 spiro atoms. The predicted molar refractivity (Wildman–Crippen MR) is 70.5 cm³/mol. The molecular weight excluding hydrogens is 180 g/mol. The van der Waals surface area contributed by atoms with E-state index in [-0.39, 0.29) is 0 Å². The largest absolute Gasteiger partial charge is 0.0683 e. The van der Waals surface area contributed by atoms with E-state index < -0.39 is 0 Å². The van der Waals surface area contributed by atoms with Gasteiger partial charge in [-0.3, -0.25) is 0 Å². The van der Waals surface area contributed by atoms with E-state index >= 15 is 0 Å². The van der Waals surface area contributed by atoms with E-state index in [4.69, 9.17) is 0 Å². The molecule has 0 amide bonds. The first-order valence-electron chi connectivity index (χ1n) is 6.33. The minimum absolute atomic E-state index is 0.660. The Morgan fingerprint density at radius 1 is 1.07 bits per heavy atom. The average Bonchev–Trinajstić information content (AvgIpc) is 2.29. The lowest BCUT2D eigenvalue weighted by Gasteiger charge is -2.11. The smallest absolute Gasteiger partial charge is 0.0216 e. The molecule has 0 aliphatic rings. The molecule has 0 saturated carbocycles. The maximum atomic E-state index is 2.27. The molecule has 1 aromatic carbocycles. The van der Waals surface area contributed by atoms with Gasteiger partial charge in [0.2, 0.25) is 0 Å². The highest BCUT2D eigenvalue weighted by molar-refractivity contribution is 5.29. The second kappa shape index (κ2) is 8.52. The second-order valence-electron chi connectivity index (χ2n) is 3.96. The fourth-order valence-corrected chi connectivity index (χ4v) is 1.69. The fourth-order valence-electron chi connectivity index (χ4n) is 1.69. The van der Waals surface area contributed by atoms with E-state index in [2.05, 4.69) is 45.0 Å². The van der Waals surface area contributed by atoms with Gasteiger partial charge in [-0.1, -0.05) is 65.3 Å². The molecule has 0 atom stereocenters. The lowest BCUT2D eigenvalue weighted by molar-refractivity contribution is 0.767. The van der Waals surface area contributed by atoms with Crippen molar-refractivity contribution in [1.29, 1.82) is 0 Å². The number of benzene rings is 1. The van der Waals surface area contributed by atoms with Crippen LogP contribution in [-0.4, -0.2) is 0 Å². The molecule has 0 fully saturated rings. The van der Waals surface area contributed by atoms with Gasteiger partial charge in [0.25, 0.3) is 0 Å². The van der Waals surface area contributed by atoms with Crippen LogP contribution in [0, 0.1) is 0 Å². The molecule has 0 unspecified atom stereocenters. The van der Waals surface area contributed by atoms with Crippen molar-refractivity contribution < 1.29 is 0 Å². The topological polar surface area (TPSA) is 0 Å². The van der Waals surface area contributed by atoms with Crippen molar-refractivity contribution in [2.75, 3.05) is 0 Å². The Morgan fingerprint density at radius 3 is 2.20 bits per heavy atom. The number of aryl methyl sites for hydroxylation is 1. The van der Waals surface area contributed by atoms with Gasteiger partial charge in [-0.25, -0.2) is 0 Å². The summed E-state index contributed by atoms with van der Waals surface area (Å²) in [4.78, 5) is 0. The van der Waals surface area contributed by atoms with E-state index in [1.807, 2.05) is 13.8 Å². The molecule has 86 valence electrons. The molecule has 0 heteroatoms. The van der Waals surface area contributed by atoms with E-state index in [9.17, 15) is 0 Å². The van der Waals surface area contributed by atoms with E-state index in [1.165, 1.54) is 24.8 Å². The van der Waals surface area contributed by atoms with Gasteiger partial charge in [0, 0.05) is 0 Å². The van der Waals surface area contributed by atoms with Crippen molar-refractivity contribution in [1.82, 2.24) is 0 Å². The Kier molecular flexibility index (Phi) is 8.08. The third-order valence-corrected chi connectivity index (χ3v) is 2.48. The Bertz CT molecular complexity index is 248. The van der Waals surface area contributed by atoms with Crippen LogP contribution in [0.15, 0.2) is 24.3 Å². The summed E-state index contributed by atoms with van der Waals surface area (Å²) in [5.41, 5.74) is 3.07. The molecule has 0 aliphatic heterocycles. The maximum absolute atomic E-state index is 2.27. The van der Waals surface area contributed by atoms with Crippen LogP contribution in [0.1, 0.15) is 64.5 Å². The summed E-state index contributed by atoms with van der Waals surface area (Å²) >= 11 is 0. The number of rotatable bonds is 4. The molecule has 0 aromatic heterocycles. The van der Waals surface area contributed by atoms with Crippen LogP contribution < -0.4 is 0 Å². The standard InChI is InChI=1S/C13H20.C2H6/c1-4-5-8-12-9-6-7-10-13(12)11(2)3;1-2/h6-7,9-11H,4-5,8H2,1-3H3;1-2H3. The zero-order valence-corrected chi connectivity index (χ0v) is 11.0. The lowest BCUT2D eigenvalue weighted by atomic mass is 9.94. The van der Waals surface area contributed by atoms with Crippen LogP contribution in [0.4, 0.5) is 0 Å². The van der Waals surface area contributed by atoms with Crippen LogP contribution in [0.25, 0.3) is 0 Å². The Balaban J connectivity index is 0.000000921. The van der Waals surface area contributed by atoms with Crippen molar-refractivity contribution >= 4 is 0 Å². The maximum Gasteiger partial charge on any atom is -0.0216 e. The zero-order chi connectivity index (χ0) is 11.7. The van der Waals surface area contributed by atoms with Gasteiger partial charge >= 0.3 is 0 Å².